The third kappa shape index (κ3) is 5.85. The lowest BCUT2D eigenvalue weighted by atomic mass is 9.89. The van der Waals surface area contributed by atoms with Crippen molar-refractivity contribution in [2.45, 2.75) is 85.0 Å². The fourth-order valence-electron chi connectivity index (χ4n) is 2.54. The molecule has 2 atom stereocenters. The number of amides is 1. The number of piperidine rings is 1. The van der Waals surface area contributed by atoms with Crippen molar-refractivity contribution >= 4 is 12.1 Å². The Morgan fingerprint density at radius 3 is 2.05 bits per heavy atom. The van der Waals surface area contributed by atoms with Gasteiger partial charge in [0.25, 0.3) is 0 Å². The van der Waals surface area contributed by atoms with Crippen LogP contribution in [0.15, 0.2) is 0 Å². The van der Waals surface area contributed by atoms with E-state index in [9.17, 15) is 9.59 Å². The Balaban J connectivity index is 2.88. The van der Waals surface area contributed by atoms with Gasteiger partial charge < -0.3 is 9.47 Å². The van der Waals surface area contributed by atoms with Crippen LogP contribution < -0.4 is 0 Å². The first-order valence-electron chi connectivity index (χ1n) is 8.15. The molecule has 1 unspecified atom stereocenters. The van der Waals surface area contributed by atoms with Gasteiger partial charge in [0.2, 0.25) is 0 Å². The first-order chi connectivity index (χ1) is 9.93. The van der Waals surface area contributed by atoms with Crippen molar-refractivity contribution in [2.75, 3.05) is 6.54 Å². The van der Waals surface area contributed by atoms with E-state index in [2.05, 4.69) is 6.92 Å². The summed E-state index contributed by atoms with van der Waals surface area (Å²) in [5, 5.41) is 0. The highest BCUT2D eigenvalue weighted by Crippen LogP contribution is 2.28. The molecule has 1 rings (SSSR count). The Morgan fingerprint density at radius 2 is 1.59 bits per heavy atom. The summed E-state index contributed by atoms with van der Waals surface area (Å²) in [6, 6.07) is -0.548. The molecule has 1 amide bonds. The summed E-state index contributed by atoms with van der Waals surface area (Å²) < 4.78 is 10.9. The zero-order valence-corrected chi connectivity index (χ0v) is 15.1. The topological polar surface area (TPSA) is 55.8 Å². The van der Waals surface area contributed by atoms with Gasteiger partial charge in [0, 0.05) is 6.54 Å². The Morgan fingerprint density at radius 1 is 1.05 bits per heavy atom. The van der Waals surface area contributed by atoms with E-state index >= 15 is 0 Å². The van der Waals surface area contributed by atoms with E-state index in [4.69, 9.17) is 9.47 Å². The molecule has 1 aliphatic rings. The first-order valence-corrected chi connectivity index (χ1v) is 8.15. The fraction of sp³-hybridized carbons (Fsp3) is 0.882. The third-order valence-electron chi connectivity index (χ3n) is 3.60. The Hall–Kier alpha value is -1.26. The van der Waals surface area contributed by atoms with E-state index in [1.54, 1.807) is 0 Å². The molecule has 0 aromatic rings. The van der Waals surface area contributed by atoms with Crippen LogP contribution in [0.4, 0.5) is 4.79 Å². The van der Waals surface area contributed by atoms with Crippen LogP contribution >= 0.6 is 0 Å². The van der Waals surface area contributed by atoms with Gasteiger partial charge >= 0.3 is 12.1 Å². The summed E-state index contributed by atoms with van der Waals surface area (Å²) in [5.41, 5.74) is -1.13. The van der Waals surface area contributed by atoms with E-state index in [1.807, 2.05) is 41.5 Å². The predicted molar refractivity (Wildman–Crippen MR) is 85.6 cm³/mol. The summed E-state index contributed by atoms with van der Waals surface area (Å²) in [6.45, 7) is 13.6. The van der Waals surface area contributed by atoms with Gasteiger partial charge in [-0.3, -0.25) is 4.90 Å². The fourth-order valence-corrected chi connectivity index (χ4v) is 2.54. The SMILES string of the molecule is CCC1CCN(C(=O)OC(C)(C)C)[C@@H](C(=O)OC(C)(C)C)C1. The molecular formula is C17H31NO4. The maximum Gasteiger partial charge on any atom is 0.411 e. The van der Waals surface area contributed by atoms with Crippen LogP contribution in [0.5, 0.6) is 0 Å². The van der Waals surface area contributed by atoms with Crippen LogP contribution in [-0.4, -0.2) is 40.8 Å². The number of hydrogen-bond acceptors (Lipinski definition) is 4. The molecular weight excluding hydrogens is 282 g/mol. The first kappa shape index (κ1) is 18.8. The van der Waals surface area contributed by atoms with Crippen molar-refractivity contribution < 1.29 is 19.1 Å². The largest absolute Gasteiger partial charge is 0.458 e. The Bertz CT molecular complexity index is 406. The molecule has 5 nitrogen and oxygen atoms in total. The van der Waals surface area contributed by atoms with Gasteiger partial charge in [-0.15, -0.1) is 0 Å². The van der Waals surface area contributed by atoms with Crippen LogP contribution in [0.25, 0.3) is 0 Å². The van der Waals surface area contributed by atoms with Crippen LogP contribution in [0, 0.1) is 5.92 Å². The lowest BCUT2D eigenvalue weighted by Gasteiger charge is -2.39. The summed E-state index contributed by atoms with van der Waals surface area (Å²) in [7, 11) is 0. The van der Waals surface area contributed by atoms with Crippen LogP contribution in [0.1, 0.15) is 67.7 Å². The number of rotatable bonds is 2. The molecule has 0 aliphatic carbocycles. The highest BCUT2D eigenvalue weighted by molar-refractivity contribution is 5.82. The van der Waals surface area contributed by atoms with E-state index < -0.39 is 23.3 Å². The van der Waals surface area contributed by atoms with Crippen molar-refractivity contribution in [1.29, 1.82) is 0 Å². The number of ether oxygens (including phenoxy) is 2. The van der Waals surface area contributed by atoms with Gasteiger partial charge in [0.1, 0.15) is 17.2 Å². The molecule has 0 aromatic heterocycles. The second-order valence-electron chi connectivity index (χ2n) is 8.02. The van der Waals surface area contributed by atoms with E-state index in [0.29, 0.717) is 18.9 Å². The van der Waals surface area contributed by atoms with Crippen LogP contribution in [0.3, 0.4) is 0 Å². The average molecular weight is 313 g/mol. The number of esters is 1. The molecule has 1 aliphatic heterocycles. The summed E-state index contributed by atoms with van der Waals surface area (Å²) in [6.07, 6.45) is 2.11. The summed E-state index contributed by atoms with van der Waals surface area (Å²) in [5.74, 6) is 0.104. The van der Waals surface area contributed by atoms with Crippen molar-refractivity contribution in [3.8, 4) is 0 Å². The van der Waals surface area contributed by atoms with Gasteiger partial charge in [0.05, 0.1) is 0 Å². The smallest absolute Gasteiger partial charge is 0.411 e. The Labute approximate surface area is 134 Å². The zero-order chi connectivity index (χ0) is 17.1. The molecule has 0 N–H and O–H groups in total. The molecule has 1 fully saturated rings. The highest BCUT2D eigenvalue weighted by atomic mass is 16.6. The second-order valence-corrected chi connectivity index (χ2v) is 8.02. The predicted octanol–water partition coefficient (Wildman–Crippen LogP) is 3.75. The molecule has 0 radical (unpaired) electrons. The molecule has 0 saturated carbocycles. The number of nitrogens with zero attached hydrogens (tertiary/aromatic N) is 1. The minimum Gasteiger partial charge on any atom is -0.458 e. The number of carbonyl (C=O) groups excluding carboxylic acids is 2. The molecule has 22 heavy (non-hydrogen) atoms. The number of carbonyl (C=O) groups is 2. The van der Waals surface area contributed by atoms with E-state index in [0.717, 1.165) is 12.8 Å². The highest BCUT2D eigenvalue weighted by Gasteiger charge is 2.39. The molecule has 0 aromatic carbocycles. The maximum absolute atomic E-state index is 12.5. The van der Waals surface area contributed by atoms with Gasteiger partial charge in [-0.1, -0.05) is 13.3 Å². The second kappa shape index (κ2) is 6.88. The van der Waals surface area contributed by atoms with Crippen LogP contribution in [0.2, 0.25) is 0 Å². The number of hydrogen-bond donors (Lipinski definition) is 0. The van der Waals surface area contributed by atoms with Gasteiger partial charge in [-0.2, -0.15) is 0 Å². The average Bonchev–Trinajstić information content (AvgIpc) is 2.33. The Kier molecular flexibility index (Phi) is 5.88. The van der Waals surface area contributed by atoms with Crippen LogP contribution in [-0.2, 0) is 14.3 Å². The molecule has 1 saturated heterocycles. The van der Waals surface area contributed by atoms with E-state index in [-0.39, 0.29) is 5.97 Å². The normalized spacial score (nSPS) is 23.1. The maximum atomic E-state index is 12.5. The molecule has 0 spiro atoms. The monoisotopic (exact) mass is 313 g/mol. The zero-order valence-electron chi connectivity index (χ0n) is 15.1. The van der Waals surface area contributed by atoms with Gasteiger partial charge in [0.15, 0.2) is 0 Å². The van der Waals surface area contributed by atoms with Gasteiger partial charge in [-0.25, -0.2) is 9.59 Å². The van der Waals surface area contributed by atoms with Gasteiger partial charge in [-0.05, 0) is 60.3 Å². The summed E-state index contributed by atoms with van der Waals surface area (Å²) in [4.78, 5) is 26.4. The lowest BCUT2D eigenvalue weighted by Crippen LogP contribution is -2.53. The van der Waals surface area contributed by atoms with Crippen molar-refractivity contribution in [3.05, 3.63) is 0 Å². The molecule has 128 valence electrons. The quantitative estimate of drug-likeness (QED) is 0.728. The lowest BCUT2D eigenvalue weighted by molar-refractivity contribution is -0.163. The summed E-state index contributed by atoms with van der Waals surface area (Å²) >= 11 is 0. The van der Waals surface area contributed by atoms with Crippen molar-refractivity contribution in [3.63, 3.8) is 0 Å². The van der Waals surface area contributed by atoms with Crippen molar-refractivity contribution in [1.82, 2.24) is 4.90 Å². The standard InChI is InChI=1S/C17H31NO4/c1-8-12-9-10-18(15(20)22-17(5,6)7)13(11-12)14(19)21-16(2,3)4/h12-13H,8-11H2,1-7H3/t12?,13-/m1/s1. The third-order valence-corrected chi connectivity index (χ3v) is 3.60. The molecule has 5 heteroatoms. The number of likely N-dealkylation sites (tertiary alicyclic amines) is 1. The molecule has 0 bridgehead atoms. The molecule has 1 heterocycles. The minimum atomic E-state index is -0.572. The van der Waals surface area contributed by atoms with E-state index in [1.165, 1.54) is 4.90 Å². The minimum absolute atomic E-state index is 0.337. The van der Waals surface area contributed by atoms with Crippen molar-refractivity contribution in [2.24, 2.45) is 5.92 Å².